The zero-order chi connectivity index (χ0) is 15.6. The normalized spacial score (nSPS) is 18.1. The van der Waals surface area contributed by atoms with Gasteiger partial charge in [-0.15, -0.1) is 0 Å². The monoisotopic (exact) mass is 315 g/mol. The molecule has 0 unspecified atom stereocenters. The Bertz CT molecular complexity index is 583. The summed E-state index contributed by atoms with van der Waals surface area (Å²) in [5, 5.41) is 9.47. The van der Waals surface area contributed by atoms with Gasteiger partial charge >= 0.3 is 0 Å². The SMILES string of the molecule is Cc1oc(C)c(S(=O)(=O)N(C)C2CCCCCC2)c1CO. The van der Waals surface area contributed by atoms with E-state index < -0.39 is 10.0 Å². The second-order valence-corrected chi connectivity index (χ2v) is 7.78. The van der Waals surface area contributed by atoms with Gasteiger partial charge in [0.1, 0.15) is 16.4 Å². The predicted octanol–water partition coefficient (Wildman–Crippen LogP) is 2.73. The molecule has 120 valence electrons. The maximum Gasteiger partial charge on any atom is 0.246 e. The quantitative estimate of drug-likeness (QED) is 0.867. The first-order valence-electron chi connectivity index (χ1n) is 7.57. The van der Waals surface area contributed by atoms with Crippen molar-refractivity contribution < 1.29 is 17.9 Å². The molecule has 21 heavy (non-hydrogen) atoms. The number of rotatable bonds is 4. The van der Waals surface area contributed by atoms with E-state index in [9.17, 15) is 13.5 Å². The predicted molar refractivity (Wildman–Crippen MR) is 80.5 cm³/mol. The Balaban J connectivity index is 2.37. The molecule has 1 heterocycles. The van der Waals surface area contributed by atoms with Gasteiger partial charge in [-0.2, -0.15) is 4.31 Å². The Labute approximate surface area is 127 Å². The van der Waals surface area contributed by atoms with Gasteiger partial charge in [-0.05, 0) is 26.7 Å². The summed E-state index contributed by atoms with van der Waals surface area (Å²) in [7, 11) is -1.98. The smallest absolute Gasteiger partial charge is 0.246 e. The molecule has 0 aromatic carbocycles. The Morgan fingerprint density at radius 2 is 1.71 bits per heavy atom. The Morgan fingerprint density at radius 3 is 2.24 bits per heavy atom. The van der Waals surface area contributed by atoms with Crippen LogP contribution in [-0.2, 0) is 16.6 Å². The van der Waals surface area contributed by atoms with Crippen LogP contribution in [0.15, 0.2) is 9.31 Å². The van der Waals surface area contributed by atoms with Crippen molar-refractivity contribution in [2.24, 2.45) is 0 Å². The topological polar surface area (TPSA) is 70.8 Å². The molecule has 0 atom stereocenters. The number of hydrogen-bond acceptors (Lipinski definition) is 4. The van der Waals surface area contributed by atoms with E-state index in [0.29, 0.717) is 17.1 Å². The first-order valence-corrected chi connectivity index (χ1v) is 9.01. The van der Waals surface area contributed by atoms with E-state index in [1.165, 1.54) is 17.1 Å². The van der Waals surface area contributed by atoms with E-state index in [1.807, 2.05) is 0 Å². The average molecular weight is 315 g/mol. The summed E-state index contributed by atoms with van der Waals surface area (Å²) in [6.07, 6.45) is 6.30. The molecule has 1 aliphatic rings. The minimum atomic E-state index is -3.63. The number of nitrogens with zero attached hydrogens (tertiary/aromatic N) is 1. The van der Waals surface area contributed by atoms with Crippen molar-refractivity contribution in [1.82, 2.24) is 4.31 Å². The van der Waals surface area contributed by atoms with Crippen LogP contribution in [0.25, 0.3) is 0 Å². The molecule has 1 N–H and O–H groups in total. The number of furan rings is 1. The van der Waals surface area contributed by atoms with Gasteiger partial charge in [-0.1, -0.05) is 25.7 Å². The fourth-order valence-corrected chi connectivity index (χ4v) is 5.01. The molecule has 0 radical (unpaired) electrons. The van der Waals surface area contributed by atoms with E-state index in [-0.39, 0.29) is 17.5 Å². The fourth-order valence-electron chi connectivity index (χ4n) is 3.19. The Morgan fingerprint density at radius 1 is 1.14 bits per heavy atom. The molecular weight excluding hydrogens is 290 g/mol. The lowest BCUT2D eigenvalue weighted by Gasteiger charge is -2.26. The highest BCUT2D eigenvalue weighted by Crippen LogP contribution is 2.32. The summed E-state index contributed by atoms with van der Waals surface area (Å²) in [6, 6.07) is 0.0404. The summed E-state index contributed by atoms with van der Waals surface area (Å²) in [5.74, 6) is 0.833. The molecule has 2 rings (SSSR count). The van der Waals surface area contributed by atoms with E-state index in [0.717, 1.165) is 25.7 Å². The average Bonchev–Trinajstić information content (AvgIpc) is 2.62. The maximum absolute atomic E-state index is 12.9. The van der Waals surface area contributed by atoms with Gasteiger partial charge in [-0.25, -0.2) is 8.42 Å². The molecule has 1 aliphatic carbocycles. The summed E-state index contributed by atoms with van der Waals surface area (Å²) >= 11 is 0. The minimum absolute atomic E-state index is 0.0404. The highest BCUT2D eigenvalue weighted by Gasteiger charge is 2.34. The second-order valence-electron chi connectivity index (χ2n) is 5.85. The van der Waals surface area contributed by atoms with Crippen LogP contribution in [0.5, 0.6) is 0 Å². The molecule has 0 bridgehead atoms. The van der Waals surface area contributed by atoms with E-state index >= 15 is 0 Å². The number of aryl methyl sites for hydroxylation is 2. The minimum Gasteiger partial charge on any atom is -0.465 e. The van der Waals surface area contributed by atoms with Crippen molar-refractivity contribution in [1.29, 1.82) is 0 Å². The Kier molecular flexibility index (Phi) is 5.11. The zero-order valence-electron chi connectivity index (χ0n) is 13.1. The van der Waals surface area contributed by atoms with Crippen molar-refractivity contribution >= 4 is 10.0 Å². The van der Waals surface area contributed by atoms with Gasteiger partial charge < -0.3 is 9.52 Å². The number of aliphatic hydroxyl groups excluding tert-OH is 1. The summed E-state index contributed by atoms with van der Waals surface area (Å²) in [6.45, 7) is 3.00. The molecule has 1 fully saturated rings. The molecule has 0 spiro atoms. The van der Waals surface area contributed by atoms with Gasteiger partial charge in [0, 0.05) is 18.7 Å². The standard InChI is InChI=1S/C15H25NO4S/c1-11-14(10-17)15(12(2)20-11)21(18,19)16(3)13-8-6-4-5-7-9-13/h13,17H,4-10H2,1-3H3. The summed E-state index contributed by atoms with van der Waals surface area (Å²) < 4.78 is 32.7. The highest BCUT2D eigenvalue weighted by molar-refractivity contribution is 7.89. The molecule has 0 amide bonds. The van der Waals surface area contributed by atoms with Gasteiger partial charge in [0.15, 0.2) is 0 Å². The van der Waals surface area contributed by atoms with Gasteiger partial charge in [0.25, 0.3) is 0 Å². The molecule has 0 saturated heterocycles. The third-order valence-corrected chi connectivity index (χ3v) is 6.57. The van der Waals surface area contributed by atoms with Gasteiger partial charge in [0.05, 0.1) is 6.61 Å². The molecule has 5 nitrogen and oxygen atoms in total. The van der Waals surface area contributed by atoms with E-state index in [4.69, 9.17) is 4.42 Å². The molecule has 1 aromatic heterocycles. The van der Waals surface area contributed by atoms with Crippen LogP contribution in [0.4, 0.5) is 0 Å². The second kappa shape index (κ2) is 6.50. The third kappa shape index (κ3) is 3.17. The van der Waals surface area contributed by atoms with Crippen molar-refractivity contribution in [2.75, 3.05) is 7.05 Å². The molecule has 1 aromatic rings. The number of hydrogen-bond donors (Lipinski definition) is 1. The van der Waals surface area contributed by atoms with Crippen LogP contribution in [0.3, 0.4) is 0 Å². The molecule has 0 aliphatic heterocycles. The van der Waals surface area contributed by atoms with E-state index in [1.54, 1.807) is 20.9 Å². The molecule has 1 saturated carbocycles. The van der Waals surface area contributed by atoms with Crippen LogP contribution in [0.1, 0.15) is 55.6 Å². The van der Waals surface area contributed by atoms with Gasteiger partial charge in [-0.3, -0.25) is 0 Å². The number of sulfonamides is 1. The van der Waals surface area contributed by atoms with Crippen LogP contribution in [0.2, 0.25) is 0 Å². The lowest BCUT2D eigenvalue weighted by atomic mass is 10.1. The zero-order valence-corrected chi connectivity index (χ0v) is 13.9. The number of aliphatic hydroxyl groups is 1. The Hall–Kier alpha value is -0.850. The van der Waals surface area contributed by atoms with Crippen LogP contribution >= 0.6 is 0 Å². The fraction of sp³-hybridized carbons (Fsp3) is 0.733. The molecular formula is C15H25NO4S. The molecule has 6 heteroatoms. The lowest BCUT2D eigenvalue weighted by molar-refractivity contribution is 0.275. The van der Waals surface area contributed by atoms with Crippen molar-refractivity contribution in [3.63, 3.8) is 0 Å². The summed E-state index contributed by atoms with van der Waals surface area (Å²) in [5.41, 5.74) is 0.382. The van der Waals surface area contributed by atoms with Crippen molar-refractivity contribution in [3.05, 3.63) is 17.1 Å². The highest BCUT2D eigenvalue weighted by atomic mass is 32.2. The maximum atomic E-state index is 12.9. The third-order valence-electron chi connectivity index (χ3n) is 4.46. The van der Waals surface area contributed by atoms with E-state index in [2.05, 4.69) is 0 Å². The van der Waals surface area contributed by atoms with Crippen LogP contribution in [0, 0.1) is 13.8 Å². The van der Waals surface area contributed by atoms with Crippen LogP contribution < -0.4 is 0 Å². The lowest BCUT2D eigenvalue weighted by Crippen LogP contribution is -2.37. The first-order chi connectivity index (χ1) is 9.89. The van der Waals surface area contributed by atoms with Crippen molar-refractivity contribution in [2.45, 2.75) is 69.9 Å². The first kappa shape index (κ1) is 16.5. The van der Waals surface area contributed by atoms with Gasteiger partial charge in [0.2, 0.25) is 10.0 Å². The summed E-state index contributed by atoms with van der Waals surface area (Å²) in [4.78, 5) is 0.147. The van der Waals surface area contributed by atoms with Crippen molar-refractivity contribution in [3.8, 4) is 0 Å². The van der Waals surface area contributed by atoms with Crippen LogP contribution in [-0.4, -0.2) is 30.9 Å². The largest absolute Gasteiger partial charge is 0.465 e.